The second-order valence-electron chi connectivity index (χ2n) is 12.6. The molecule has 52 heavy (non-hydrogen) atoms. The van der Waals surface area contributed by atoms with Crippen molar-refractivity contribution in [2.45, 2.75) is 42.9 Å². The van der Waals surface area contributed by atoms with Gasteiger partial charge in [-0.25, -0.2) is 8.42 Å². The molecule has 3 amide bonds. The number of aryl methyl sites for hydroxylation is 1. The van der Waals surface area contributed by atoms with Crippen molar-refractivity contribution in [2.75, 3.05) is 41.5 Å². The summed E-state index contributed by atoms with van der Waals surface area (Å²) in [7, 11) is -8.09. The summed E-state index contributed by atoms with van der Waals surface area (Å²) in [6.07, 6.45) is 7.18. The molecule has 4 aromatic rings. The van der Waals surface area contributed by atoms with Gasteiger partial charge in [0.2, 0.25) is 5.91 Å². The van der Waals surface area contributed by atoms with Crippen molar-refractivity contribution in [3.05, 3.63) is 94.6 Å². The van der Waals surface area contributed by atoms with E-state index in [0.717, 1.165) is 25.2 Å². The molecule has 15 nitrogen and oxygen atoms in total. The van der Waals surface area contributed by atoms with Crippen LogP contribution in [0.2, 0.25) is 0 Å². The van der Waals surface area contributed by atoms with Gasteiger partial charge in [-0.1, -0.05) is 0 Å². The summed E-state index contributed by atoms with van der Waals surface area (Å²) < 4.78 is 58.7. The Hall–Kier alpha value is -5.36. The quantitative estimate of drug-likeness (QED) is 0.108. The fourth-order valence-corrected chi connectivity index (χ4v) is 7.91. The van der Waals surface area contributed by atoms with Gasteiger partial charge in [-0.15, -0.1) is 0 Å². The summed E-state index contributed by atoms with van der Waals surface area (Å²) in [4.78, 5) is 46.0. The van der Waals surface area contributed by atoms with Crippen LogP contribution in [0.4, 0.5) is 17.1 Å². The maximum atomic E-state index is 13.0. The minimum absolute atomic E-state index is 0.0139. The number of likely N-dealkylation sites (tertiary alicyclic amines) is 1. The molecule has 0 atom stereocenters. The van der Waals surface area contributed by atoms with Crippen LogP contribution >= 0.6 is 0 Å². The van der Waals surface area contributed by atoms with Crippen LogP contribution in [0.15, 0.2) is 70.7 Å². The lowest BCUT2D eigenvalue weighted by atomic mass is 10.0. The molecule has 1 fully saturated rings. The van der Waals surface area contributed by atoms with Crippen molar-refractivity contribution in [2.24, 2.45) is 0 Å². The van der Waals surface area contributed by atoms with E-state index in [9.17, 15) is 31.2 Å². The molecular weight excluding hydrogens is 711 g/mol. The Balaban J connectivity index is 0.000000276. The van der Waals surface area contributed by atoms with E-state index in [1.165, 1.54) is 49.4 Å². The SMILES string of the molecule is Cc1[nH]c(C=C2C(=O)Nc3ccc(S(=O)(=O)Nc4cccnc4)cc32)c(C)c1C(=O)NCCN1CCCC1.O=C1Cc2cc(S(=O)(=O)O)ccc2N1. The molecular formula is C35H37N7O8S2. The number of carbonyl (C=O) groups is 3. The number of rotatable bonds is 9. The predicted octanol–water partition coefficient (Wildman–Crippen LogP) is 3.57. The van der Waals surface area contributed by atoms with E-state index in [4.69, 9.17) is 4.55 Å². The highest BCUT2D eigenvalue weighted by molar-refractivity contribution is 7.92. The Labute approximate surface area is 300 Å². The number of carbonyl (C=O) groups excluding carboxylic acids is 3. The largest absolute Gasteiger partial charge is 0.358 e. The molecule has 0 unspecified atom stereocenters. The Morgan fingerprint density at radius 2 is 1.71 bits per heavy atom. The zero-order valence-electron chi connectivity index (χ0n) is 28.3. The molecule has 6 N–H and O–H groups in total. The Morgan fingerprint density at radius 3 is 2.42 bits per heavy atom. The first-order valence-corrected chi connectivity index (χ1v) is 19.3. The molecule has 2 aromatic heterocycles. The number of aromatic amines is 1. The van der Waals surface area contributed by atoms with Crippen molar-refractivity contribution in [3.8, 4) is 0 Å². The summed E-state index contributed by atoms with van der Waals surface area (Å²) in [5.74, 6) is -0.684. The van der Waals surface area contributed by atoms with Crippen LogP contribution in [0.25, 0.3) is 11.6 Å². The number of aromatic nitrogens is 2. The lowest BCUT2D eigenvalue weighted by Gasteiger charge is -2.14. The number of sulfonamides is 1. The van der Waals surface area contributed by atoms with E-state index in [2.05, 4.69) is 35.5 Å². The molecule has 0 saturated carbocycles. The summed E-state index contributed by atoms with van der Waals surface area (Å²) in [5.41, 5.74) is 5.40. The number of nitrogens with one attached hydrogen (secondary N) is 5. The highest BCUT2D eigenvalue weighted by Gasteiger charge is 2.28. The van der Waals surface area contributed by atoms with Crippen molar-refractivity contribution in [1.82, 2.24) is 20.2 Å². The predicted molar refractivity (Wildman–Crippen MR) is 195 cm³/mol. The zero-order chi connectivity index (χ0) is 37.2. The number of hydrogen-bond donors (Lipinski definition) is 6. The normalized spacial score (nSPS) is 16.1. The van der Waals surface area contributed by atoms with Crippen LogP contribution in [0.5, 0.6) is 0 Å². The van der Waals surface area contributed by atoms with E-state index in [-0.39, 0.29) is 33.9 Å². The van der Waals surface area contributed by atoms with Gasteiger partial charge in [0, 0.05) is 47.6 Å². The average molecular weight is 748 g/mol. The van der Waals surface area contributed by atoms with E-state index in [1.54, 1.807) is 30.5 Å². The van der Waals surface area contributed by atoms with Gasteiger partial charge in [0.25, 0.3) is 32.0 Å². The van der Waals surface area contributed by atoms with Crippen molar-refractivity contribution >= 4 is 66.6 Å². The summed E-state index contributed by atoms with van der Waals surface area (Å²) in [6.45, 7) is 7.19. The Kier molecular flexibility index (Phi) is 10.3. The maximum absolute atomic E-state index is 13.0. The first-order valence-electron chi connectivity index (χ1n) is 16.4. The number of nitrogens with zero attached hydrogens (tertiary/aromatic N) is 2. The minimum atomic E-state index is -4.18. The fraction of sp³-hybridized carbons (Fsp3) is 0.257. The molecule has 5 heterocycles. The first-order chi connectivity index (χ1) is 24.7. The van der Waals surface area contributed by atoms with Gasteiger partial charge in [-0.05, 0) is 106 Å². The van der Waals surface area contributed by atoms with Gasteiger partial charge >= 0.3 is 0 Å². The van der Waals surface area contributed by atoms with Crippen molar-refractivity contribution in [3.63, 3.8) is 0 Å². The third-order valence-corrected chi connectivity index (χ3v) is 11.1. The van der Waals surface area contributed by atoms with Crippen molar-refractivity contribution < 1.29 is 35.8 Å². The third-order valence-electron chi connectivity index (χ3n) is 8.90. The van der Waals surface area contributed by atoms with E-state index >= 15 is 0 Å². The monoisotopic (exact) mass is 747 g/mol. The molecule has 3 aliphatic rings. The average Bonchev–Trinajstić information content (AvgIpc) is 3.87. The number of benzene rings is 2. The molecule has 0 radical (unpaired) electrons. The van der Waals surface area contributed by atoms with E-state index in [0.29, 0.717) is 57.3 Å². The van der Waals surface area contributed by atoms with Gasteiger partial charge in [0.15, 0.2) is 0 Å². The van der Waals surface area contributed by atoms with Crippen molar-refractivity contribution in [1.29, 1.82) is 0 Å². The molecule has 2 aromatic carbocycles. The molecule has 0 bridgehead atoms. The van der Waals surface area contributed by atoms with Gasteiger partial charge in [-0.3, -0.25) is 28.6 Å². The number of pyridine rings is 1. The van der Waals surface area contributed by atoms with Crippen LogP contribution in [-0.4, -0.2) is 80.2 Å². The molecule has 0 aliphatic carbocycles. The second-order valence-corrected chi connectivity index (χ2v) is 15.7. The van der Waals surface area contributed by atoms with E-state index in [1.807, 2.05) is 13.8 Å². The zero-order valence-corrected chi connectivity index (χ0v) is 29.9. The third kappa shape index (κ3) is 8.07. The van der Waals surface area contributed by atoms with Gasteiger partial charge in [0.1, 0.15) is 0 Å². The summed E-state index contributed by atoms with van der Waals surface area (Å²) in [5, 5.41) is 8.35. The van der Waals surface area contributed by atoms with E-state index < -0.39 is 20.1 Å². The number of fused-ring (bicyclic) bond motifs is 2. The Morgan fingerprint density at radius 1 is 0.981 bits per heavy atom. The minimum Gasteiger partial charge on any atom is -0.358 e. The highest BCUT2D eigenvalue weighted by Crippen LogP contribution is 2.36. The van der Waals surface area contributed by atoms with Crippen LogP contribution in [0, 0.1) is 13.8 Å². The fourth-order valence-electron chi connectivity index (χ4n) is 6.31. The van der Waals surface area contributed by atoms with Gasteiger partial charge < -0.3 is 25.8 Å². The number of H-pyrrole nitrogens is 1. The number of hydrogen-bond acceptors (Lipinski definition) is 9. The summed E-state index contributed by atoms with van der Waals surface area (Å²) in [6, 6.07) is 11.7. The Bertz CT molecular complexity index is 2320. The topological polar surface area (TPSA) is 220 Å². The standard InChI is InChI=1S/C27H30N6O4S.C8H7NO4S/c1-17-24(30-18(2)25(17)27(35)29-10-13-33-11-3-4-12-33)15-22-21-14-20(7-8-23(21)31-26(22)34)38(36,37)32-19-6-5-9-28-16-19;10-8-4-5-3-6(14(11,12)13)1-2-7(5)9-8/h5-9,14-16,30,32H,3-4,10-13H2,1-2H3,(H,29,35)(H,31,34);1-3H,4H2,(H,9,10)(H,11,12,13). The molecule has 272 valence electrons. The second kappa shape index (κ2) is 14.7. The van der Waals surface area contributed by atoms with Gasteiger partial charge in [-0.2, -0.15) is 8.42 Å². The lowest BCUT2D eigenvalue weighted by molar-refractivity contribution is -0.115. The molecule has 17 heteroatoms. The highest BCUT2D eigenvalue weighted by atomic mass is 32.2. The number of amides is 3. The van der Waals surface area contributed by atoms with Crippen LogP contribution in [0.3, 0.4) is 0 Å². The first kappa shape index (κ1) is 36.4. The van der Waals surface area contributed by atoms with Crippen LogP contribution < -0.4 is 20.7 Å². The molecule has 1 saturated heterocycles. The van der Waals surface area contributed by atoms with Crippen LogP contribution in [-0.2, 0) is 36.2 Å². The lowest BCUT2D eigenvalue weighted by Crippen LogP contribution is -2.33. The molecule has 0 spiro atoms. The number of anilines is 3. The van der Waals surface area contributed by atoms with Gasteiger partial charge in [0.05, 0.1) is 39.2 Å². The van der Waals surface area contributed by atoms with Crippen LogP contribution in [0.1, 0.15) is 51.3 Å². The molecule has 7 rings (SSSR count). The summed E-state index contributed by atoms with van der Waals surface area (Å²) >= 11 is 0. The smallest absolute Gasteiger partial charge is 0.294 e. The molecule has 3 aliphatic heterocycles. The maximum Gasteiger partial charge on any atom is 0.294 e.